The van der Waals surface area contributed by atoms with E-state index < -0.39 is 5.82 Å². The van der Waals surface area contributed by atoms with E-state index in [9.17, 15) is 9.18 Å². The number of ether oxygens (including phenoxy) is 1. The van der Waals surface area contributed by atoms with Crippen molar-refractivity contribution in [3.8, 4) is 11.6 Å². The highest BCUT2D eigenvalue weighted by Crippen LogP contribution is 2.14. The Morgan fingerprint density at radius 3 is 2.85 bits per heavy atom. The van der Waals surface area contributed by atoms with Crippen molar-refractivity contribution in [2.45, 2.75) is 6.92 Å². The Morgan fingerprint density at radius 2 is 2.07 bits per heavy atom. The fraction of sp³-hybridized carbons (Fsp3) is 0.222. The highest BCUT2D eigenvalue weighted by molar-refractivity contribution is 5.77. The van der Waals surface area contributed by atoms with Gasteiger partial charge in [-0.15, -0.1) is 0 Å². The van der Waals surface area contributed by atoms with Gasteiger partial charge >= 0.3 is 0 Å². The van der Waals surface area contributed by atoms with Crippen molar-refractivity contribution in [1.82, 2.24) is 25.1 Å². The molecular formula is C18H19FN6O2. The molecule has 0 aliphatic rings. The van der Waals surface area contributed by atoms with E-state index in [1.807, 2.05) is 19.2 Å². The third-order valence-electron chi connectivity index (χ3n) is 3.56. The van der Waals surface area contributed by atoms with Crippen LogP contribution in [-0.4, -0.2) is 45.4 Å². The number of benzene rings is 1. The largest absolute Gasteiger partial charge is 0.481 e. The first kappa shape index (κ1) is 18.3. The highest BCUT2D eigenvalue weighted by atomic mass is 19.1. The lowest BCUT2D eigenvalue weighted by atomic mass is 10.3. The van der Waals surface area contributed by atoms with Crippen molar-refractivity contribution in [2.24, 2.45) is 0 Å². The van der Waals surface area contributed by atoms with Crippen molar-refractivity contribution in [3.63, 3.8) is 0 Å². The van der Waals surface area contributed by atoms with Gasteiger partial charge in [0.15, 0.2) is 24.0 Å². The maximum Gasteiger partial charge on any atom is 0.258 e. The zero-order chi connectivity index (χ0) is 19.1. The van der Waals surface area contributed by atoms with E-state index in [-0.39, 0.29) is 18.3 Å². The van der Waals surface area contributed by atoms with E-state index in [2.05, 4.69) is 25.7 Å². The van der Waals surface area contributed by atoms with Crippen LogP contribution < -0.4 is 15.4 Å². The number of rotatable bonds is 8. The van der Waals surface area contributed by atoms with Crippen LogP contribution in [0.2, 0.25) is 0 Å². The first-order chi connectivity index (χ1) is 13.1. The average molecular weight is 370 g/mol. The summed E-state index contributed by atoms with van der Waals surface area (Å²) in [5.74, 6) is 0.468. The Morgan fingerprint density at radius 1 is 1.22 bits per heavy atom. The molecule has 0 bridgehead atoms. The smallest absolute Gasteiger partial charge is 0.258 e. The predicted molar refractivity (Wildman–Crippen MR) is 97.3 cm³/mol. The van der Waals surface area contributed by atoms with Crippen LogP contribution in [0.1, 0.15) is 5.69 Å². The van der Waals surface area contributed by atoms with E-state index >= 15 is 0 Å². The van der Waals surface area contributed by atoms with E-state index in [1.165, 1.54) is 18.5 Å². The summed E-state index contributed by atoms with van der Waals surface area (Å²) in [7, 11) is 0. The Balaban J connectivity index is 1.41. The second kappa shape index (κ2) is 8.75. The molecule has 3 rings (SSSR count). The molecule has 3 aromatic rings. The summed E-state index contributed by atoms with van der Waals surface area (Å²) in [6, 6.07) is 9.58. The minimum Gasteiger partial charge on any atom is -0.481 e. The molecule has 140 valence electrons. The molecule has 2 aromatic heterocycles. The molecule has 2 N–H and O–H groups in total. The molecule has 0 saturated carbocycles. The SMILES string of the molecule is Cc1ccn(-c2cc(NCCNC(=O)COc3ccccc3F)ncn2)n1. The first-order valence-electron chi connectivity index (χ1n) is 8.34. The van der Waals surface area contributed by atoms with E-state index in [0.717, 1.165) is 5.69 Å². The number of nitrogens with zero attached hydrogens (tertiary/aromatic N) is 4. The summed E-state index contributed by atoms with van der Waals surface area (Å²) < 4.78 is 20.2. The number of nitrogens with one attached hydrogen (secondary N) is 2. The van der Waals surface area contributed by atoms with Crippen LogP contribution in [0.25, 0.3) is 5.82 Å². The molecular weight excluding hydrogens is 351 g/mol. The zero-order valence-electron chi connectivity index (χ0n) is 14.7. The summed E-state index contributed by atoms with van der Waals surface area (Å²) in [6.07, 6.45) is 3.26. The molecule has 0 radical (unpaired) electrons. The minimum absolute atomic E-state index is 0.0492. The Kier molecular flexibility index (Phi) is 5.93. The number of carbonyl (C=O) groups excluding carboxylic acids is 1. The number of amides is 1. The lowest BCUT2D eigenvalue weighted by Gasteiger charge is -2.09. The van der Waals surface area contributed by atoms with Crippen molar-refractivity contribution in [1.29, 1.82) is 0 Å². The Hall–Kier alpha value is -3.49. The number of hydrogen-bond donors (Lipinski definition) is 2. The van der Waals surface area contributed by atoms with Gasteiger partial charge in [-0.25, -0.2) is 19.0 Å². The zero-order valence-corrected chi connectivity index (χ0v) is 14.7. The van der Waals surface area contributed by atoms with Gasteiger partial charge in [-0.1, -0.05) is 12.1 Å². The number of anilines is 1. The Labute approximate surface area is 155 Å². The molecule has 0 aliphatic heterocycles. The second-order valence-corrected chi connectivity index (χ2v) is 5.66. The standard InChI is InChI=1S/C18H19FN6O2/c1-13-6-9-25(24-13)17-10-16(22-12-23-17)20-7-8-21-18(26)11-27-15-5-3-2-4-14(15)19/h2-6,9-10,12H,7-8,11H2,1H3,(H,21,26)(H,20,22,23). The summed E-state index contributed by atoms with van der Waals surface area (Å²) in [6.45, 7) is 2.46. The number of aromatic nitrogens is 4. The number of carbonyl (C=O) groups is 1. The summed E-state index contributed by atoms with van der Waals surface area (Å²) in [4.78, 5) is 20.1. The third-order valence-corrected chi connectivity index (χ3v) is 3.56. The van der Waals surface area contributed by atoms with Gasteiger partial charge in [0.1, 0.15) is 12.1 Å². The van der Waals surface area contributed by atoms with Crippen LogP contribution >= 0.6 is 0 Å². The van der Waals surface area contributed by atoms with Crippen LogP contribution in [0.5, 0.6) is 5.75 Å². The summed E-state index contributed by atoms with van der Waals surface area (Å²) in [5, 5.41) is 10.1. The second-order valence-electron chi connectivity index (χ2n) is 5.66. The van der Waals surface area contributed by atoms with Crippen molar-refractivity contribution < 1.29 is 13.9 Å². The molecule has 1 aromatic carbocycles. The van der Waals surface area contributed by atoms with E-state index in [1.54, 1.807) is 22.9 Å². The molecule has 0 saturated heterocycles. The number of halogens is 1. The number of para-hydroxylation sites is 1. The van der Waals surface area contributed by atoms with Gasteiger partial charge < -0.3 is 15.4 Å². The number of aryl methyl sites for hydroxylation is 1. The lowest BCUT2D eigenvalue weighted by molar-refractivity contribution is -0.123. The molecule has 0 unspecified atom stereocenters. The molecule has 0 aliphatic carbocycles. The maximum absolute atomic E-state index is 13.4. The number of hydrogen-bond acceptors (Lipinski definition) is 6. The molecule has 2 heterocycles. The molecule has 0 fully saturated rings. The van der Waals surface area contributed by atoms with Gasteiger partial charge in [0.2, 0.25) is 0 Å². The lowest BCUT2D eigenvalue weighted by Crippen LogP contribution is -2.32. The quantitative estimate of drug-likeness (QED) is 0.587. The highest BCUT2D eigenvalue weighted by Gasteiger charge is 2.06. The van der Waals surface area contributed by atoms with Crippen LogP contribution in [0.15, 0.2) is 48.9 Å². The van der Waals surface area contributed by atoms with Crippen molar-refractivity contribution in [2.75, 3.05) is 25.0 Å². The topological polar surface area (TPSA) is 94.0 Å². The van der Waals surface area contributed by atoms with Gasteiger partial charge in [-0.05, 0) is 25.1 Å². The predicted octanol–water partition coefficient (Wildman–Crippen LogP) is 1.72. The molecule has 27 heavy (non-hydrogen) atoms. The van der Waals surface area contributed by atoms with Crippen LogP contribution in [0, 0.1) is 12.7 Å². The molecule has 9 heteroatoms. The Bertz CT molecular complexity index is 914. The van der Waals surface area contributed by atoms with Crippen molar-refractivity contribution >= 4 is 11.7 Å². The third kappa shape index (κ3) is 5.24. The van der Waals surface area contributed by atoms with Gasteiger partial charge in [-0.3, -0.25) is 4.79 Å². The normalized spacial score (nSPS) is 10.4. The van der Waals surface area contributed by atoms with Gasteiger partial charge in [0, 0.05) is 25.4 Å². The molecule has 8 nitrogen and oxygen atoms in total. The maximum atomic E-state index is 13.4. The van der Waals surface area contributed by atoms with Gasteiger partial charge in [0.25, 0.3) is 5.91 Å². The van der Waals surface area contributed by atoms with Gasteiger partial charge in [0.05, 0.1) is 5.69 Å². The fourth-order valence-corrected chi connectivity index (χ4v) is 2.26. The van der Waals surface area contributed by atoms with Crippen LogP contribution in [0.3, 0.4) is 0 Å². The van der Waals surface area contributed by atoms with Gasteiger partial charge in [-0.2, -0.15) is 5.10 Å². The molecule has 1 amide bonds. The molecule has 0 atom stereocenters. The van der Waals surface area contributed by atoms with E-state index in [4.69, 9.17) is 4.74 Å². The molecule has 0 spiro atoms. The monoisotopic (exact) mass is 370 g/mol. The average Bonchev–Trinajstić information content (AvgIpc) is 3.11. The first-order valence-corrected chi connectivity index (χ1v) is 8.34. The van der Waals surface area contributed by atoms with Crippen LogP contribution in [0.4, 0.5) is 10.2 Å². The summed E-state index contributed by atoms with van der Waals surface area (Å²) in [5.41, 5.74) is 0.892. The van der Waals surface area contributed by atoms with Crippen LogP contribution in [-0.2, 0) is 4.79 Å². The van der Waals surface area contributed by atoms with Crippen molar-refractivity contribution in [3.05, 3.63) is 60.4 Å². The van der Waals surface area contributed by atoms with E-state index in [0.29, 0.717) is 24.7 Å². The fourth-order valence-electron chi connectivity index (χ4n) is 2.26. The summed E-state index contributed by atoms with van der Waals surface area (Å²) >= 11 is 0. The minimum atomic E-state index is -0.501.